The van der Waals surface area contributed by atoms with Gasteiger partial charge in [-0.15, -0.1) is 0 Å². The maximum atomic E-state index is 12.0. The van der Waals surface area contributed by atoms with Gasteiger partial charge in [0, 0.05) is 31.5 Å². The van der Waals surface area contributed by atoms with Gasteiger partial charge in [-0.05, 0) is 18.9 Å². The number of piperidine rings is 1. The molecular weight excluding hydrogens is 302 g/mol. The van der Waals surface area contributed by atoms with Gasteiger partial charge in [0.1, 0.15) is 0 Å². The van der Waals surface area contributed by atoms with Crippen molar-refractivity contribution in [3.05, 3.63) is 29.0 Å². The average molecular weight is 318 g/mol. The molecule has 1 fully saturated rings. The summed E-state index contributed by atoms with van der Waals surface area (Å²) in [5.74, 6) is -0.277. The molecule has 1 aromatic rings. The number of hydrogen-bond donors (Lipinski definition) is 1. The van der Waals surface area contributed by atoms with E-state index in [4.69, 9.17) is 11.6 Å². The molecule has 0 spiro atoms. The van der Waals surface area contributed by atoms with Crippen LogP contribution in [0.2, 0.25) is 5.02 Å². The molecule has 1 aliphatic rings. The summed E-state index contributed by atoms with van der Waals surface area (Å²) in [4.78, 5) is 15.9. The predicted molar refractivity (Wildman–Crippen MR) is 76.2 cm³/mol. The van der Waals surface area contributed by atoms with E-state index in [9.17, 15) is 13.2 Å². The number of rotatable bonds is 3. The van der Waals surface area contributed by atoms with Crippen molar-refractivity contribution in [2.24, 2.45) is 0 Å². The molecule has 1 saturated heterocycles. The maximum absolute atomic E-state index is 12.0. The molecule has 1 aromatic heterocycles. The number of nitrogens with zero attached hydrogens (tertiary/aromatic N) is 2. The second-order valence-corrected chi connectivity index (χ2v) is 7.15. The Kier molecular flexibility index (Phi) is 4.62. The van der Waals surface area contributed by atoms with Crippen LogP contribution in [0, 0.1) is 0 Å². The van der Waals surface area contributed by atoms with Crippen molar-refractivity contribution in [2.75, 3.05) is 19.3 Å². The second kappa shape index (κ2) is 6.07. The Morgan fingerprint density at radius 3 is 2.65 bits per heavy atom. The van der Waals surface area contributed by atoms with E-state index in [1.165, 1.54) is 23.0 Å². The Bertz CT molecular complexity index is 598. The van der Waals surface area contributed by atoms with Crippen molar-refractivity contribution < 1.29 is 13.2 Å². The second-order valence-electron chi connectivity index (χ2n) is 4.77. The Labute approximate surface area is 123 Å². The molecule has 0 unspecified atom stereocenters. The molecule has 110 valence electrons. The van der Waals surface area contributed by atoms with E-state index in [0.29, 0.717) is 36.5 Å². The van der Waals surface area contributed by atoms with Crippen LogP contribution in [0.3, 0.4) is 0 Å². The van der Waals surface area contributed by atoms with Crippen LogP contribution in [0.25, 0.3) is 0 Å². The summed E-state index contributed by atoms with van der Waals surface area (Å²) in [6.45, 7) is 0.842. The smallest absolute Gasteiger partial charge is 0.254 e. The number of aromatic nitrogens is 1. The fourth-order valence-electron chi connectivity index (χ4n) is 2.14. The largest absolute Gasteiger partial charge is 0.349 e. The van der Waals surface area contributed by atoms with Gasteiger partial charge in [0.25, 0.3) is 5.91 Å². The number of carbonyl (C=O) groups excluding carboxylic acids is 1. The van der Waals surface area contributed by atoms with Crippen LogP contribution in [0.4, 0.5) is 0 Å². The van der Waals surface area contributed by atoms with Gasteiger partial charge in [0.05, 0.1) is 16.8 Å². The summed E-state index contributed by atoms with van der Waals surface area (Å²) < 4.78 is 24.2. The zero-order chi connectivity index (χ0) is 14.8. The highest BCUT2D eigenvalue weighted by atomic mass is 35.5. The number of hydrogen-bond acceptors (Lipinski definition) is 4. The molecule has 2 heterocycles. The minimum atomic E-state index is -3.15. The molecule has 0 radical (unpaired) electrons. The van der Waals surface area contributed by atoms with Gasteiger partial charge in [0.2, 0.25) is 10.0 Å². The molecular formula is C12H16ClN3O3S. The van der Waals surface area contributed by atoms with E-state index in [2.05, 4.69) is 10.3 Å². The van der Waals surface area contributed by atoms with Crippen LogP contribution in [-0.2, 0) is 10.0 Å². The number of amides is 1. The topological polar surface area (TPSA) is 79.4 Å². The molecule has 1 amide bonds. The lowest BCUT2D eigenvalue weighted by molar-refractivity contribution is 0.0923. The van der Waals surface area contributed by atoms with Crippen molar-refractivity contribution in [3.8, 4) is 0 Å². The van der Waals surface area contributed by atoms with Gasteiger partial charge >= 0.3 is 0 Å². The van der Waals surface area contributed by atoms with E-state index in [1.54, 1.807) is 6.07 Å². The third kappa shape index (κ3) is 3.68. The van der Waals surface area contributed by atoms with Crippen LogP contribution in [-0.4, -0.2) is 49.0 Å². The summed E-state index contributed by atoms with van der Waals surface area (Å²) in [5, 5.41) is 3.22. The van der Waals surface area contributed by atoms with Crippen molar-refractivity contribution in [3.63, 3.8) is 0 Å². The molecule has 0 bridgehead atoms. The maximum Gasteiger partial charge on any atom is 0.254 e. The Morgan fingerprint density at radius 1 is 1.45 bits per heavy atom. The molecule has 1 N–H and O–H groups in total. The average Bonchev–Trinajstić information content (AvgIpc) is 2.38. The summed E-state index contributed by atoms with van der Waals surface area (Å²) in [6, 6.07) is 1.51. The minimum Gasteiger partial charge on any atom is -0.349 e. The minimum absolute atomic E-state index is 0.0447. The van der Waals surface area contributed by atoms with E-state index >= 15 is 0 Å². The van der Waals surface area contributed by atoms with E-state index in [0.717, 1.165) is 0 Å². The molecule has 8 heteroatoms. The molecule has 0 aromatic carbocycles. The zero-order valence-corrected chi connectivity index (χ0v) is 12.6. The fraction of sp³-hybridized carbons (Fsp3) is 0.500. The number of pyridine rings is 1. The van der Waals surface area contributed by atoms with Crippen LogP contribution >= 0.6 is 11.6 Å². The van der Waals surface area contributed by atoms with Gasteiger partial charge in [-0.1, -0.05) is 11.6 Å². The lowest BCUT2D eigenvalue weighted by atomic mass is 10.1. The SMILES string of the molecule is CS(=O)(=O)N1CCC(NC(=O)c2cnccc2Cl)CC1. The Balaban J connectivity index is 1.93. The van der Waals surface area contributed by atoms with Gasteiger partial charge in [-0.25, -0.2) is 12.7 Å². The van der Waals surface area contributed by atoms with Crippen molar-refractivity contribution in [1.29, 1.82) is 0 Å². The van der Waals surface area contributed by atoms with Gasteiger partial charge in [-0.2, -0.15) is 0 Å². The van der Waals surface area contributed by atoms with E-state index in [-0.39, 0.29) is 11.9 Å². The monoisotopic (exact) mass is 317 g/mol. The highest BCUT2D eigenvalue weighted by Gasteiger charge is 2.26. The Hall–Kier alpha value is -1.18. The van der Waals surface area contributed by atoms with Crippen LogP contribution in [0.5, 0.6) is 0 Å². The first kappa shape index (κ1) is 15.2. The zero-order valence-electron chi connectivity index (χ0n) is 11.0. The van der Waals surface area contributed by atoms with E-state index in [1.807, 2.05) is 0 Å². The lowest BCUT2D eigenvalue weighted by Crippen LogP contribution is -2.46. The number of nitrogens with one attached hydrogen (secondary N) is 1. The number of sulfonamides is 1. The standard InChI is InChI=1S/C12H16ClN3O3S/c1-20(18,19)16-6-3-9(4-7-16)15-12(17)10-8-14-5-2-11(10)13/h2,5,8-9H,3-4,6-7H2,1H3,(H,15,17). The normalized spacial score (nSPS) is 17.9. The first-order chi connectivity index (χ1) is 9.38. The fourth-order valence-corrected chi connectivity index (χ4v) is 3.20. The molecule has 0 aliphatic carbocycles. The molecule has 0 saturated carbocycles. The summed E-state index contributed by atoms with van der Waals surface area (Å²) in [5.41, 5.74) is 0.333. The van der Waals surface area contributed by atoms with Gasteiger partial charge in [-0.3, -0.25) is 9.78 Å². The quantitative estimate of drug-likeness (QED) is 0.898. The van der Waals surface area contributed by atoms with Crippen molar-refractivity contribution >= 4 is 27.5 Å². The highest BCUT2D eigenvalue weighted by molar-refractivity contribution is 7.88. The van der Waals surface area contributed by atoms with E-state index < -0.39 is 10.0 Å². The summed E-state index contributed by atoms with van der Waals surface area (Å²) >= 11 is 5.93. The Morgan fingerprint density at radius 2 is 2.10 bits per heavy atom. The molecule has 6 nitrogen and oxygen atoms in total. The summed E-state index contributed by atoms with van der Waals surface area (Å²) in [6.07, 6.45) is 5.32. The predicted octanol–water partition coefficient (Wildman–Crippen LogP) is 0.889. The van der Waals surface area contributed by atoms with Crippen LogP contribution in [0.1, 0.15) is 23.2 Å². The van der Waals surface area contributed by atoms with Crippen LogP contribution < -0.4 is 5.32 Å². The molecule has 2 rings (SSSR count). The molecule has 0 atom stereocenters. The highest BCUT2D eigenvalue weighted by Crippen LogP contribution is 2.16. The number of carbonyl (C=O) groups is 1. The molecule has 1 aliphatic heterocycles. The number of halogens is 1. The lowest BCUT2D eigenvalue weighted by Gasteiger charge is -2.30. The van der Waals surface area contributed by atoms with Crippen molar-refractivity contribution in [2.45, 2.75) is 18.9 Å². The third-order valence-corrected chi connectivity index (χ3v) is 4.90. The third-order valence-electron chi connectivity index (χ3n) is 3.27. The van der Waals surface area contributed by atoms with Crippen LogP contribution in [0.15, 0.2) is 18.5 Å². The molecule has 20 heavy (non-hydrogen) atoms. The van der Waals surface area contributed by atoms with Gasteiger partial charge < -0.3 is 5.32 Å². The van der Waals surface area contributed by atoms with Gasteiger partial charge in [0.15, 0.2) is 0 Å². The summed E-state index contributed by atoms with van der Waals surface area (Å²) in [7, 11) is -3.15. The first-order valence-electron chi connectivity index (χ1n) is 6.23. The van der Waals surface area contributed by atoms with Crippen molar-refractivity contribution in [1.82, 2.24) is 14.6 Å². The first-order valence-corrected chi connectivity index (χ1v) is 8.46.